The standard InChI is InChI=1S/C17H20ClN5O4/c1-21(2)16-19-14-13(15(25)20-17(26)22(14)3)23(16)8-11(24)9-27-12-6-4-10(18)5-7-12/h4-7,11,24H,8-9H2,1-3H3,(H,20,25,26)/t11-/m1/s1. The molecular formula is C17H20ClN5O4. The average Bonchev–Trinajstić information content (AvgIpc) is 2.99. The number of ether oxygens (including phenoxy) is 1. The van der Waals surface area contributed by atoms with E-state index in [1.807, 2.05) is 0 Å². The van der Waals surface area contributed by atoms with Crippen LogP contribution >= 0.6 is 11.6 Å². The van der Waals surface area contributed by atoms with Crippen LogP contribution in [-0.4, -0.2) is 51.0 Å². The van der Waals surface area contributed by atoms with E-state index < -0.39 is 17.4 Å². The first-order chi connectivity index (χ1) is 12.8. The van der Waals surface area contributed by atoms with Crippen LogP contribution in [0.5, 0.6) is 5.75 Å². The topological polar surface area (TPSA) is 105 Å². The van der Waals surface area contributed by atoms with Gasteiger partial charge in [0.2, 0.25) is 5.95 Å². The van der Waals surface area contributed by atoms with Gasteiger partial charge in [-0.3, -0.25) is 14.3 Å². The van der Waals surface area contributed by atoms with Crippen molar-refractivity contribution >= 4 is 28.7 Å². The van der Waals surface area contributed by atoms with Crippen molar-refractivity contribution in [3.8, 4) is 5.75 Å². The summed E-state index contributed by atoms with van der Waals surface area (Å²) in [5.41, 5.74) is -0.641. The predicted molar refractivity (Wildman–Crippen MR) is 103 cm³/mol. The van der Waals surface area contributed by atoms with Gasteiger partial charge in [0.25, 0.3) is 5.56 Å². The highest BCUT2D eigenvalue weighted by atomic mass is 35.5. The molecule has 3 aromatic rings. The normalized spacial score (nSPS) is 12.3. The van der Waals surface area contributed by atoms with Crippen molar-refractivity contribution < 1.29 is 9.84 Å². The van der Waals surface area contributed by atoms with Gasteiger partial charge >= 0.3 is 5.69 Å². The number of aryl methyl sites for hydroxylation is 1. The van der Waals surface area contributed by atoms with Crippen molar-refractivity contribution in [2.75, 3.05) is 25.6 Å². The van der Waals surface area contributed by atoms with Crippen molar-refractivity contribution in [1.29, 1.82) is 0 Å². The lowest BCUT2D eigenvalue weighted by atomic mass is 10.3. The van der Waals surface area contributed by atoms with Crippen molar-refractivity contribution in [1.82, 2.24) is 19.1 Å². The number of nitrogens with one attached hydrogen (secondary N) is 1. The number of fused-ring (bicyclic) bond motifs is 1. The third kappa shape index (κ3) is 3.83. The molecular weight excluding hydrogens is 374 g/mol. The fraction of sp³-hybridized carbons (Fsp3) is 0.353. The number of aromatic nitrogens is 4. The molecule has 1 atom stereocenters. The minimum absolute atomic E-state index is 0.0117. The van der Waals surface area contributed by atoms with E-state index in [0.717, 1.165) is 0 Å². The van der Waals surface area contributed by atoms with Gasteiger partial charge in [0.1, 0.15) is 18.5 Å². The van der Waals surface area contributed by atoms with Gasteiger partial charge < -0.3 is 19.3 Å². The smallest absolute Gasteiger partial charge is 0.329 e. The molecule has 2 N–H and O–H groups in total. The van der Waals surface area contributed by atoms with Gasteiger partial charge in [-0.25, -0.2) is 4.79 Å². The summed E-state index contributed by atoms with van der Waals surface area (Å²) in [7, 11) is 5.05. The zero-order valence-corrected chi connectivity index (χ0v) is 15.9. The number of H-pyrrole nitrogens is 1. The van der Waals surface area contributed by atoms with Crippen molar-refractivity contribution in [3.05, 3.63) is 50.1 Å². The molecule has 9 nitrogen and oxygen atoms in total. The fourth-order valence-electron chi connectivity index (χ4n) is 2.72. The number of imidazole rings is 1. The van der Waals surface area contributed by atoms with Gasteiger partial charge in [0.05, 0.1) is 6.54 Å². The largest absolute Gasteiger partial charge is 0.491 e. The number of nitrogens with zero attached hydrogens (tertiary/aromatic N) is 4. The van der Waals surface area contributed by atoms with Gasteiger partial charge in [-0.15, -0.1) is 0 Å². The van der Waals surface area contributed by atoms with E-state index in [9.17, 15) is 14.7 Å². The molecule has 0 saturated carbocycles. The minimum atomic E-state index is -0.909. The summed E-state index contributed by atoms with van der Waals surface area (Å²) in [5, 5.41) is 11.0. The maximum absolute atomic E-state index is 12.3. The molecule has 0 aliphatic carbocycles. The Labute approximate surface area is 159 Å². The Bertz CT molecular complexity index is 1070. The highest BCUT2D eigenvalue weighted by molar-refractivity contribution is 6.30. The quantitative estimate of drug-likeness (QED) is 0.634. The molecule has 2 aromatic heterocycles. The summed E-state index contributed by atoms with van der Waals surface area (Å²) in [6, 6.07) is 6.79. The zero-order valence-electron chi connectivity index (χ0n) is 15.1. The van der Waals surface area contributed by atoms with Crippen molar-refractivity contribution in [2.45, 2.75) is 12.6 Å². The van der Waals surface area contributed by atoms with Crippen LogP contribution < -0.4 is 20.9 Å². The Morgan fingerprint density at radius 3 is 2.59 bits per heavy atom. The summed E-state index contributed by atoms with van der Waals surface area (Å²) in [4.78, 5) is 32.5. The third-order valence-corrected chi connectivity index (χ3v) is 4.29. The van der Waals surface area contributed by atoms with Gasteiger partial charge in [-0.2, -0.15) is 4.98 Å². The van der Waals surface area contributed by atoms with E-state index in [2.05, 4.69) is 9.97 Å². The molecule has 10 heteroatoms. The number of aliphatic hydroxyl groups excluding tert-OH is 1. The molecule has 0 amide bonds. The lowest BCUT2D eigenvalue weighted by Gasteiger charge is -2.18. The first-order valence-electron chi connectivity index (χ1n) is 8.21. The van der Waals surface area contributed by atoms with Crippen LogP contribution in [0.3, 0.4) is 0 Å². The molecule has 144 valence electrons. The van der Waals surface area contributed by atoms with Crippen LogP contribution in [0.2, 0.25) is 5.02 Å². The summed E-state index contributed by atoms with van der Waals surface area (Å²) >= 11 is 5.83. The van der Waals surface area contributed by atoms with Crippen LogP contribution in [0.4, 0.5) is 5.95 Å². The Morgan fingerprint density at radius 2 is 1.96 bits per heavy atom. The number of hydrogen-bond acceptors (Lipinski definition) is 6. The Hall–Kier alpha value is -2.78. The minimum Gasteiger partial charge on any atom is -0.491 e. The summed E-state index contributed by atoms with van der Waals surface area (Å²) in [6.45, 7) is 0.0801. The second kappa shape index (κ2) is 7.45. The number of aromatic amines is 1. The monoisotopic (exact) mass is 393 g/mol. The number of halogens is 1. The predicted octanol–water partition coefficient (Wildman–Crippen LogP) is 0.583. The van der Waals surface area contributed by atoms with Crippen LogP contribution in [0.15, 0.2) is 33.9 Å². The molecule has 0 bridgehead atoms. The lowest BCUT2D eigenvalue weighted by molar-refractivity contribution is 0.0937. The molecule has 0 radical (unpaired) electrons. The number of rotatable bonds is 6. The molecule has 3 rings (SSSR count). The Morgan fingerprint density at radius 1 is 1.30 bits per heavy atom. The number of anilines is 1. The van der Waals surface area contributed by atoms with Crippen LogP contribution in [0.1, 0.15) is 0 Å². The van der Waals surface area contributed by atoms with E-state index in [1.54, 1.807) is 47.8 Å². The Balaban J connectivity index is 1.90. The zero-order chi connectivity index (χ0) is 19.7. The number of benzene rings is 1. The Kier molecular flexibility index (Phi) is 5.24. The first-order valence-corrected chi connectivity index (χ1v) is 8.59. The van der Waals surface area contributed by atoms with E-state index in [1.165, 1.54) is 11.6 Å². The van der Waals surface area contributed by atoms with E-state index in [-0.39, 0.29) is 24.3 Å². The van der Waals surface area contributed by atoms with Gasteiger partial charge in [-0.05, 0) is 24.3 Å². The molecule has 0 fully saturated rings. The average molecular weight is 394 g/mol. The molecule has 2 heterocycles. The van der Waals surface area contributed by atoms with E-state index >= 15 is 0 Å². The van der Waals surface area contributed by atoms with E-state index in [0.29, 0.717) is 16.7 Å². The third-order valence-electron chi connectivity index (χ3n) is 4.04. The summed E-state index contributed by atoms with van der Waals surface area (Å²) < 4.78 is 8.39. The molecule has 0 unspecified atom stereocenters. The van der Waals surface area contributed by atoms with Crippen molar-refractivity contribution in [2.24, 2.45) is 7.05 Å². The summed E-state index contributed by atoms with van der Waals surface area (Å²) in [6.07, 6.45) is -0.909. The summed E-state index contributed by atoms with van der Waals surface area (Å²) in [5.74, 6) is 1.02. The second-order valence-electron chi connectivity index (χ2n) is 6.33. The highest BCUT2D eigenvalue weighted by Gasteiger charge is 2.20. The highest BCUT2D eigenvalue weighted by Crippen LogP contribution is 2.19. The number of hydrogen-bond donors (Lipinski definition) is 2. The van der Waals surface area contributed by atoms with Gasteiger partial charge in [0, 0.05) is 26.2 Å². The molecule has 27 heavy (non-hydrogen) atoms. The fourth-order valence-corrected chi connectivity index (χ4v) is 2.85. The van der Waals surface area contributed by atoms with Crippen LogP contribution in [0, 0.1) is 0 Å². The maximum atomic E-state index is 12.3. The van der Waals surface area contributed by atoms with Gasteiger partial charge in [0.15, 0.2) is 11.2 Å². The first kappa shape index (κ1) is 19.0. The van der Waals surface area contributed by atoms with E-state index in [4.69, 9.17) is 16.3 Å². The van der Waals surface area contributed by atoms with Crippen LogP contribution in [-0.2, 0) is 13.6 Å². The van der Waals surface area contributed by atoms with Crippen molar-refractivity contribution in [3.63, 3.8) is 0 Å². The second-order valence-corrected chi connectivity index (χ2v) is 6.76. The lowest BCUT2D eigenvalue weighted by Crippen LogP contribution is -2.31. The molecule has 0 aliphatic heterocycles. The molecule has 0 spiro atoms. The molecule has 0 aliphatic rings. The van der Waals surface area contributed by atoms with Gasteiger partial charge in [-0.1, -0.05) is 11.6 Å². The molecule has 1 aromatic carbocycles. The maximum Gasteiger partial charge on any atom is 0.329 e. The number of aliphatic hydroxyl groups is 1. The molecule has 0 saturated heterocycles. The SMILES string of the molecule is CN(C)c1nc2c(c(=O)[nH]c(=O)n2C)n1C[C@@H](O)COc1ccc(Cl)cc1. The van der Waals surface area contributed by atoms with Crippen LogP contribution in [0.25, 0.3) is 11.2 Å².